The van der Waals surface area contributed by atoms with Crippen LogP contribution in [0.3, 0.4) is 0 Å². The summed E-state index contributed by atoms with van der Waals surface area (Å²) in [6, 6.07) is -0.225. The van der Waals surface area contributed by atoms with Crippen molar-refractivity contribution in [2.45, 2.75) is 40.2 Å². The highest BCUT2D eigenvalue weighted by molar-refractivity contribution is 6.09. The van der Waals surface area contributed by atoms with Gasteiger partial charge in [-0.2, -0.15) is 0 Å². The number of carbonyl (C=O) groups is 2. The maximum Gasteiger partial charge on any atom is 0.240 e. The highest BCUT2D eigenvalue weighted by Crippen LogP contribution is 2.45. The van der Waals surface area contributed by atoms with Gasteiger partial charge in [-0.05, 0) is 11.8 Å². The second kappa shape index (κ2) is 4.85. The number of likely N-dealkylation sites (tertiary alicyclic amines) is 1. The predicted octanol–water partition coefficient (Wildman–Crippen LogP) is 1.87. The van der Waals surface area contributed by atoms with Crippen LogP contribution in [0.2, 0.25) is 0 Å². The zero-order chi connectivity index (χ0) is 15.1. The van der Waals surface area contributed by atoms with Crippen molar-refractivity contribution >= 4 is 11.8 Å². The zero-order valence-electron chi connectivity index (χ0n) is 12.7. The molecule has 0 aromatic heterocycles. The lowest BCUT2D eigenvalue weighted by molar-refractivity contribution is -0.141. The number of allylic oxidation sites excluding steroid dienone is 2. The molecule has 2 unspecified atom stereocenters. The van der Waals surface area contributed by atoms with Gasteiger partial charge < -0.3 is 5.73 Å². The summed E-state index contributed by atoms with van der Waals surface area (Å²) in [7, 11) is 0. The Morgan fingerprint density at radius 3 is 2.50 bits per heavy atom. The molecule has 2 aliphatic rings. The number of rotatable bonds is 3. The lowest BCUT2D eigenvalue weighted by Gasteiger charge is -2.31. The molecule has 1 heterocycles. The van der Waals surface area contributed by atoms with Crippen molar-refractivity contribution in [2.24, 2.45) is 22.5 Å². The van der Waals surface area contributed by atoms with Crippen LogP contribution in [0, 0.1) is 16.7 Å². The number of amides is 2. The number of nitrogens with zero attached hydrogens (tertiary/aromatic N) is 1. The smallest absolute Gasteiger partial charge is 0.240 e. The average molecular weight is 276 g/mol. The Hall–Kier alpha value is -1.42. The molecule has 0 aromatic carbocycles. The van der Waals surface area contributed by atoms with E-state index < -0.39 is 5.41 Å². The van der Waals surface area contributed by atoms with Crippen LogP contribution in [-0.2, 0) is 9.59 Å². The first-order chi connectivity index (χ1) is 9.24. The number of hydrogen-bond acceptors (Lipinski definition) is 3. The van der Waals surface area contributed by atoms with Crippen LogP contribution in [0.1, 0.15) is 34.1 Å². The Bertz CT molecular complexity index is 487. The molecule has 4 nitrogen and oxygen atoms in total. The van der Waals surface area contributed by atoms with Crippen LogP contribution in [0.25, 0.3) is 0 Å². The van der Waals surface area contributed by atoms with Crippen LogP contribution in [0.4, 0.5) is 0 Å². The molecule has 1 fully saturated rings. The molecule has 1 aliphatic carbocycles. The van der Waals surface area contributed by atoms with E-state index in [1.165, 1.54) is 4.90 Å². The number of nitrogens with two attached hydrogens (primary N) is 1. The molecule has 20 heavy (non-hydrogen) atoms. The summed E-state index contributed by atoms with van der Waals surface area (Å²) in [6.07, 6.45) is 8.05. The van der Waals surface area contributed by atoms with Gasteiger partial charge in [-0.1, -0.05) is 52.0 Å². The average Bonchev–Trinajstić information content (AvgIpc) is 2.61. The first-order valence-corrected chi connectivity index (χ1v) is 7.21. The standard InChI is InChI=1S/C16H24N2O2/c1-5-16-9-7-6-8-11(16)13(19)18(14(16)20)10-12(17)15(2,3)4/h6-9,11-12H,5,10,17H2,1-4H3/t11?,12-,16?/m1/s1. The molecular weight excluding hydrogens is 252 g/mol. The molecule has 2 N–H and O–H groups in total. The third-order valence-corrected chi connectivity index (χ3v) is 4.62. The van der Waals surface area contributed by atoms with Gasteiger partial charge in [-0.3, -0.25) is 14.5 Å². The van der Waals surface area contributed by atoms with Gasteiger partial charge in [0.1, 0.15) is 0 Å². The lowest BCUT2D eigenvalue weighted by atomic mass is 9.72. The van der Waals surface area contributed by atoms with Gasteiger partial charge in [-0.15, -0.1) is 0 Å². The first-order valence-electron chi connectivity index (χ1n) is 7.21. The predicted molar refractivity (Wildman–Crippen MR) is 78.6 cm³/mol. The second-order valence-electron chi connectivity index (χ2n) is 6.84. The Morgan fingerprint density at radius 2 is 2.00 bits per heavy atom. The number of hydrogen-bond donors (Lipinski definition) is 1. The van der Waals surface area contributed by atoms with Crippen LogP contribution < -0.4 is 5.73 Å². The van der Waals surface area contributed by atoms with Crippen molar-refractivity contribution in [2.75, 3.05) is 6.54 Å². The number of fused-ring (bicyclic) bond motifs is 1. The minimum absolute atomic E-state index is 0.102. The fourth-order valence-corrected chi connectivity index (χ4v) is 2.84. The molecule has 2 rings (SSSR count). The molecule has 0 radical (unpaired) electrons. The van der Waals surface area contributed by atoms with E-state index in [0.29, 0.717) is 13.0 Å². The Morgan fingerprint density at radius 1 is 1.35 bits per heavy atom. The summed E-state index contributed by atoms with van der Waals surface area (Å²) in [6.45, 7) is 8.30. The van der Waals surface area contributed by atoms with Gasteiger partial charge in [-0.25, -0.2) is 0 Å². The van der Waals surface area contributed by atoms with Gasteiger partial charge in [0.25, 0.3) is 0 Å². The van der Waals surface area contributed by atoms with Crippen LogP contribution in [0.5, 0.6) is 0 Å². The lowest BCUT2D eigenvalue weighted by Crippen LogP contribution is -2.48. The number of carbonyl (C=O) groups excluding carboxylic acids is 2. The molecule has 4 heteroatoms. The van der Waals surface area contributed by atoms with Crippen LogP contribution in [0.15, 0.2) is 24.3 Å². The minimum Gasteiger partial charge on any atom is -0.326 e. The molecule has 1 saturated heterocycles. The zero-order valence-corrected chi connectivity index (χ0v) is 12.7. The SMILES string of the molecule is CCC12C=CC=CC1C(=O)N(C[C@@H](N)C(C)(C)C)C2=O. The van der Waals surface area contributed by atoms with E-state index in [0.717, 1.165) is 0 Å². The normalized spacial score (nSPS) is 30.9. The summed E-state index contributed by atoms with van der Waals surface area (Å²) in [5.41, 5.74) is 5.32. The summed E-state index contributed by atoms with van der Waals surface area (Å²) in [4.78, 5) is 26.6. The highest BCUT2D eigenvalue weighted by atomic mass is 16.2. The topological polar surface area (TPSA) is 63.4 Å². The summed E-state index contributed by atoms with van der Waals surface area (Å²) >= 11 is 0. The van der Waals surface area contributed by atoms with E-state index in [4.69, 9.17) is 5.73 Å². The van der Waals surface area contributed by atoms with Crippen molar-refractivity contribution in [1.82, 2.24) is 4.90 Å². The Balaban J connectivity index is 2.29. The molecular formula is C16H24N2O2. The van der Waals surface area contributed by atoms with Crippen LogP contribution in [-0.4, -0.2) is 29.3 Å². The van der Waals surface area contributed by atoms with Gasteiger partial charge in [0, 0.05) is 12.6 Å². The summed E-state index contributed by atoms with van der Waals surface area (Å²) < 4.78 is 0. The molecule has 0 saturated carbocycles. The van der Waals surface area contributed by atoms with E-state index in [-0.39, 0.29) is 29.2 Å². The second-order valence-corrected chi connectivity index (χ2v) is 6.84. The number of imide groups is 1. The van der Waals surface area contributed by atoms with Crippen molar-refractivity contribution in [3.8, 4) is 0 Å². The molecule has 110 valence electrons. The Kier molecular flexibility index (Phi) is 3.63. The molecule has 2 amide bonds. The quantitative estimate of drug-likeness (QED) is 0.800. The van der Waals surface area contributed by atoms with Crippen molar-refractivity contribution < 1.29 is 9.59 Å². The third-order valence-electron chi connectivity index (χ3n) is 4.62. The third kappa shape index (κ3) is 2.12. The van der Waals surface area contributed by atoms with Crippen LogP contribution >= 0.6 is 0 Å². The fraction of sp³-hybridized carbons (Fsp3) is 0.625. The largest absolute Gasteiger partial charge is 0.326 e. The van der Waals surface area contributed by atoms with Gasteiger partial charge in [0.2, 0.25) is 11.8 Å². The highest BCUT2D eigenvalue weighted by Gasteiger charge is 2.56. The molecule has 3 atom stereocenters. The molecule has 0 spiro atoms. The van der Waals surface area contributed by atoms with E-state index in [1.54, 1.807) is 0 Å². The van der Waals surface area contributed by atoms with Gasteiger partial charge >= 0.3 is 0 Å². The van der Waals surface area contributed by atoms with Gasteiger partial charge in [0.15, 0.2) is 0 Å². The van der Waals surface area contributed by atoms with E-state index in [1.807, 2.05) is 52.0 Å². The van der Waals surface area contributed by atoms with Crippen molar-refractivity contribution in [1.29, 1.82) is 0 Å². The summed E-state index contributed by atoms with van der Waals surface area (Å²) in [5, 5.41) is 0. The maximum absolute atomic E-state index is 12.7. The summed E-state index contributed by atoms with van der Waals surface area (Å²) in [5.74, 6) is -0.579. The maximum atomic E-state index is 12.7. The minimum atomic E-state index is -0.691. The van der Waals surface area contributed by atoms with E-state index in [2.05, 4.69) is 0 Å². The van der Waals surface area contributed by atoms with Crippen molar-refractivity contribution in [3.05, 3.63) is 24.3 Å². The first kappa shape index (κ1) is 15.0. The fourth-order valence-electron chi connectivity index (χ4n) is 2.84. The molecule has 0 aromatic rings. The van der Waals surface area contributed by atoms with E-state index >= 15 is 0 Å². The monoisotopic (exact) mass is 276 g/mol. The van der Waals surface area contributed by atoms with Crippen molar-refractivity contribution in [3.63, 3.8) is 0 Å². The molecule has 1 aliphatic heterocycles. The van der Waals surface area contributed by atoms with Gasteiger partial charge in [0.05, 0.1) is 11.3 Å². The Labute approximate surface area is 120 Å². The van der Waals surface area contributed by atoms with E-state index in [9.17, 15) is 9.59 Å². The molecule has 0 bridgehead atoms.